The maximum Gasteiger partial charge on any atom is 0.416 e. The SMILES string of the molecule is O=C1OC[C@H](COCc2ccccc2)N1c1nc(-c2ccc(Br)cc2)cs1.OC[C@H](COCc1ccccc1)Nc1nc(-c2ccc(Br)cc2)cs1. The van der Waals surface area contributed by atoms with E-state index in [4.69, 9.17) is 14.2 Å². The highest BCUT2D eigenvalue weighted by Crippen LogP contribution is 2.32. The molecule has 0 aliphatic carbocycles. The van der Waals surface area contributed by atoms with Crippen LogP contribution in [0.3, 0.4) is 0 Å². The summed E-state index contributed by atoms with van der Waals surface area (Å²) in [5, 5.41) is 18.2. The molecule has 1 aliphatic rings. The van der Waals surface area contributed by atoms with Gasteiger partial charge in [-0.15, -0.1) is 22.7 Å². The van der Waals surface area contributed by atoms with Gasteiger partial charge in [0.15, 0.2) is 10.3 Å². The number of carbonyl (C=O) groups excluding carboxylic acids is 1. The van der Waals surface area contributed by atoms with Gasteiger partial charge >= 0.3 is 6.09 Å². The maximum atomic E-state index is 12.2. The van der Waals surface area contributed by atoms with Crippen molar-refractivity contribution in [2.75, 3.05) is 36.6 Å². The normalized spacial score (nSPS) is 14.4. The van der Waals surface area contributed by atoms with E-state index < -0.39 is 0 Å². The van der Waals surface area contributed by atoms with Crippen LogP contribution in [0.2, 0.25) is 0 Å². The lowest BCUT2D eigenvalue weighted by Crippen LogP contribution is -2.36. The second kappa shape index (κ2) is 19.2. The number of amides is 1. The van der Waals surface area contributed by atoms with Gasteiger partial charge < -0.3 is 24.6 Å². The lowest BCUT2D eigenvalue weighted by atomic mass is 10.2. The molecule has 0 radical (unpaired) electrons. The molecule has 3 heterocycles. The van der Waals surface area contributed by atoms with Gasteiger partial charge in [0.25, 0.3) is 0 Å². The first-order chi connectivity index (χ1) is 25.4. The molecule has 1 aliphatic heterocycles. The summed E-state index contributed by atoms with van der Waals surface area (Å²) in [4.78, 5) is 23.0. The molecule has 0 saturated carbocycles. The second-order valence-electron chi connectivity index (χ2n) is 11.7. The van der Waals surface area contributed by atoms with Crippen LogP contribution in [-0.4, -0.2) is 59.7 Å². The number of aromatic nitrogens is 2. The van der Waals surface area contributed by atoms with E-state index >= 15 is 0 Å². The maximum absolute atomic E-state index is 12.2. The fraction of sp³-hybridized carbons (Fsp3) is 0.205. The van der Waals surface area contributed by atoms with Gasteiger partial charge in [-0.25, -0.2) is 19.7 Å². The zero-order chi connectivity index (χ0) is 36.1. The minimum atomic E-state index is -0.375. The van der Waals surface area contributed by atoms with Gasteiger partial charge in [0.05, 0.1) is 50.5 Å². The molecule has 268 valence electrons. The van der Waals surface area contributed by atoms with Crippen LogP contribution in [-0.2, 0) is 27.4 Å². The molecular formula is C39H36Br2N4O5S2. The van der Waals surface area contributed by atoms with Crippen molar-refractivity contribution in [1.29, 1.82) is 0 Å². The third-order valence-electron chi connectivity index (χ3n) is 7.84. The van der Waals surface area contributed by atoms with Crippen molar-refractivity contribution in [2.45, 2.75) is 25.3 Å². The van der Waals surface area contributed by atoms with E-state index in [-0.39, 0.29) is 24.8 Å². The van der Waals surface area contributed by atoms with Gasteiger partial charge in [-0.3, -0.25) is 0 Å². The highest BCUT2D eigenvalue weighted by Gasteiger charge is 2.36. The number of nitrogens with one attached hydrogen (secondary N) is 1. The van der Waals surface area contributed by atoms with Crippen molar-refractivity contribution >= 4 is 70.9 Å². The number of nitrogens with zero attached hydrogens (tertiary/aromatic N) is 3. The quantitative estimate of drug-likeness (QED) is 0.112. The number of hydrogen-bond donors (Lipinski definition) is 2. The summed E-state index contributed by atoms with van der Waals surface area (Å²) in [6.45, 7) is 2.14. The molecule has 9 nitrogen and oxygen atoms in total. The number of rotatable bonds is 14. The highest BCUT2D eigenvalue weighted by atomic mass is 79.9. The highest BCUT2D eigenvalue weighted by molar-refractivity contribution is 9.10. The summed E-state index contributed by atoms with van der Waals surface area (Å²) in [5.74, 6) is 0. The Labute approximate surface area is 327 Å². The number of aliphatic hydroxyl groups is 1. The first-order valence-electron chi connectivity index (χ1n) is 16.4. The Morgan fingerprint density at radius 1 is 0.788 bits per heavy atom. The van der Waals surface area contributed by atoms with E-state index in [1.807, 2.05) is 120 Å². The third-order valence-corrected chi connectivity index (χ3v) is 10.5. The van der Waals surface area contributed by atoms with Gasteiger partial charge in [0.2, 0.25) is 0 Å². The molecule has 2 atom stereocenters. The molecule has 1 fully saturated rings. The van der Waals surface area contributed by atoms with Crippen molar-refractivity contribution < 1.29 is 24.1 Å². The molecule has 0 spiro atoms. The lowest BCUT2D eigenvalue weighted by Gasteiger charge is -2.18. The average molecular weight is 865 g/mol. The van der Waals surface area contributed by atoms with Crippen LogP contribution in [0.25, 0.3) is 22.5 Å². The van der Waals surface area contributed by atoms with Crippen molar-refractivity contribution in [1.82, 2.24) is 9.97 Å². The first-order valence-corrected chi connectivity index (χ1v) is 19.8. The van der Waals surface area contributed by atoms with Crippen LogP contribution in [0.15, 0.2) is 129 Å². The van der Waals surface area contributed by atoms with Gasteiger partial charge in [-0.05, 0) is 35.4 Å². The van der Waals surface area contributed by atoms with Crippen molar-refractivity contribution in [3.05, 3.63) is 140 Å². The zero-order valence-corrected chi connectivity index (χ0v) is 32.7. The molecule has 7 rings (SSSR count). The molecule has 1 saturated heterocycles. The molecule has 2 N–H and O–H groups in total. The molecule has 52 heavy (non-hydrogen) atoms. The van der Waals surface area contributed by atoms with E-state index in [0.717, 1.165) is 47.7 Å². The Morgan fingerprint density at radius 3 is 1.94 bits per heavy atom. The molecule has 0 unspecified atom stereocenters. The standard InChI is InChI=1S/C20H17BrN2O3S.C19H19BrN2O2S/c21-16-8-6-15(7-9-16)18-13-27-19(22-18)23-17(12-26-20(23)24)11-25-10-14-4-2-1-3-5-14;20-16-8-6-15(7-9-16)18-13-25-19(22-18)21-17(10-23)12-24-11-14-4-2-1-3-5-14/h1-9,13,17H,10-12H2;1-9,13,17,23H,10-12H2,(H,21,22)/t2*17-/m01/s1. The van der Waals surface area contributed by atoms with Crippen LogP contribution >= 0.6 is 54.5 Å². The number of halogens is 2. The first kappa shape index (κ1) is 37.8. The number of ether oxygens (including phenoxy) is 3. The number of thiazole rings is 2. The molecular weight excluding hydrogens is 828 g/mol. The Bertz CT molecular complexity index is 1980. The number of carbonyl (C=O) groups is 1. The minimum Gasteiger partial charge on any atom is -0.447 e. The predicted octanol–water partition coefficient (Wildman–Crippen LogP) is 9.68. The van der Waals surface area contributed by atoms with Crippen molar-refractivity contribution in [3.8, 4) is 22.5 Å². The van der Waals surface area contributed by atoms with E-state index in [2.05, 4.69) is 47.1 Å². The van der Waals surface area contributed by atoms with Crippen molar-refractivity contribution in [2.24, 2.45) is 0 Å². The molecule has 6 aromatic rings. The van der Waals surface area contributed by atoms with E-state index in [1.165, 1.54) is 22.7 Å². The van der Waals surface area contributed by atoms with E-state index in [9.17, 15) is 9.90 Å². The Morgan fingerprint density at radius 2 is 1.35 bits per heavy atom. The smallest absolute Gasteiger partial charge is 0.416 e. The largest absolute Gasteiger partial charge is 0.447 e. The summed E-state index contributed by atoms with van der Waals surface area (Å²) < 4.78 is 18.8. The number of anilines is 2. The van der Waals surface area contributed by atoms with Crippen LogP contribution in [0.5, 0.6) is 0 Å². The van der Waals surface area contributed by atoms with Gasteiger partial charge in [0.1, 0.15) is 12.6 Å². The Balaban J connectivity index is 0.000000179. The van der Waals surface area contributed by atoms with Gasteiger partial charge in [-0.1, -0.05) is 117 Å². The summed E-state index contributed by atoms with van der Waals surface area (Å²) >= 11 is 9.82. The average Bonchev–Trinajstić information content (AvgIpc) is 3.94. The summed E-state index contributed by atoms with van der Waals surface area (Å²) in [6.07, 6.45) is -0.375. The summed E-state index contributed by atoms with van der Waals surface area (Å²) in [7, 11) is 0. The third kappa shape index (κ3) is 10.8. The minimum absolute atomic E-state index is 0.0119. The Kier molecular flexibility index (Phi) is 14.0. The molecule has 13 heteroatoms. The fourth-order valence-corrected chi connectivity index (χ4v) is 7.35. The van der Waals surface area contributed by atoms with Gasteiger partial charge in [0, 0.05) is 30.8 Å². The monoisotopic (exact) mass is 862 g/mol. The molecule has 2 aromatic heterocycles. The van der Waals surface area contributed by atoms with E-state index in [0.29, 0.717) is 38.2 Å². The predicted molar refractivity (Wildman–Crippen MR) is 215 cm³/mol. The number of benzene rings is 4. The lowest BCUT2D eigenvalue weighted by molar-refractivity contribution is 0.0951. The number of aliphatic hydroxyl groups excluding tert-OH is 1. The molecule has 1 amide bonds. The van der Waals surface area contributed by atoms with Crippen LogP contribution in [0.1, 0.15) is 11.1 Å². The summed E-state index contributed by atoms with van der Waals surface area (Å²) in [5.41, 5.74) is 6.04. The summed E-state index contributed by atoms with van der Waals surface area (Å²) in [6, 6.07) is 35.5. The number of cyclic esters (lactones) is 1. The molecule has 0 bridgehead atoms. The molecule has 4 aromatic carbocycles. The van der Waals surface area contributed by atoms with Crippen LogP contribution in [0.4, 0.5) is 15.1 Å². The Hall–Kier alpha value is -3.95. The fourth-order valence-electron chi connectivity index (χ4n) is 5.13. The van der Waals surface area contributed by atoms with Gasteiger partial charge in [-0.2, -0.15) is 0 Å². The van der Waals surface area contributed by atoms with Crippen LogP contribution in [0, 0.1) is 0 Å². The van der Waals surface area contributed by atoms with E-state index in [1.54, 1.807) is 4.90 Å². The number of hydrogen-bond acceptors (Lipinski definition) is 10. The zero-order valence-electron chi connectivity index (χ0n) is 27.9. The van der Waals surface area contributed by atoms with Crippen LogP contribution < -0.4 is 10.2 Å². The topological polar surface area (TPSA) is 106 Å². The van der Waals surface area contributed by atoms with Crippen molar-refractivity contribution in [3.63, 3.8) is 0 Å². The second-order valence-corrected chi connectivity index (χ2v) is 15.2.